The summed E-state index contributed by atoms with van der Waals surface area (Å²) in [7, 11) is 0. The lowest BCUT2D eigenvalue weighted by Gasteiger charge is -2.27. The van der Waals surface area contributed by atoms with Gasteiger partial charge in [-0.1, -0.05) is 6.92 Å². The summed E-state index contributed by atoms with van der Waals surface area (Å²) in [6, 6.07) is 1.90. The molecule has 1 aromatic heterocycles. The van der Waals surface area contributed by atoms with Crippen LogP contribution in [0.4, 0.5) is 5.69 Å². The molecule has 0 aliphatic heterocycles. The summed E-state index contributed by atoms with van der Waals surface area (Å²) in [5.41, 5.74) is 3.64. The monoisotopic (exact) mass is 236 g/mol. The molecule has 0 fully saturated rings. The number of nitrogens with two attached hydrogens (primary N) is 1. The van der Waals surface area contributed by atoms with Crippen molar-refractivity contribution in [2.24, 2.45) is 5.84 Å². The fourth-order valence-electron chi connectivity index (χ4n) is 1.72. The molecule has 0 aromatic carbocycles. The van der Waals surface area contributed by atoms with Crippen molar-refractivity contribution in [1.29, 1.82) is 0 Å². The van der Waals surface area contributed by atoms with Crippen molar-refractivity contribution < 1.29 is 4.79 Å². The van der Waals surface area contributed by atoms with Gasteiger partial charge in [0.1, 0.15) is 0 Å². The quantitative estimate of drug-likeness (QED) is 0.602. The first-order valence-corrected chi connectivity index (χ1v) is 5.87. The number of hydrogen-bond acceptors (Lipinski definition) is 4. The van der Waals surface area contributed by atoms with Crippen LogP contribution in [0.5, 0.6) is 0 Å². The maximum atomic E-state index is 12.3. The molecule has 1 unspecified atom stereocenters. The van der Waals surface area contributed by atoms with Gasteiger partial charge in [0, 0.05) is 25.0 Å². The highest BCUT2D eigenvalue weighted by Gasteiger charge is 2.21. The third-order valence-electron chi connectivity index (χ3n) is 2.93. The molecular weight excluding hydrogens is 216 g/mol. The first-order chi connectivity index (χ1) is 8.15. The number of carbonyl (C=O) groups is 1. The Kier molecular flexibility index (Phi) is 4.90. The number of carbonyl (C=O) groups excluding carboxylic acids is 1. The Morgan fingerprint density at radius 3 is 2.82 bits per heavy atom. The molecule has 1 heterocycles. The zero-order chi connectivity index (χ0) is 12.8. The molecule has 0 radical (unpaired) electrons. The molecular formula is C12H20N4O. The Morgan fingerprint density at radius 1 is 1.59 bits per heavy atom. The highest BCUT2D eigenvalue weighted by atomic mass is 16.2. The molecule has 0 saturated heterocycles. The standard InChI is InChI=1S/C12H20N4O/c1-4-9(3)16(5-2)12(17)10-8-14-7-6-11(10)15-13/h6-9H,4-5,13H2,1-3H3,(H,14,15). The number of nitrogens with zero attached hydrogens (tertiary/aromatic N) is 2. The van der Waals surface area contributed by atoms with Crippen molar-refractivity contribution in [2.75, 3.05) is 12.0 Å². The summed E-state index contributed by atoms with van der Waals surface area (Å²) in [6.45, 7) is 6.74. The van der Waals surface area contributed by atoms with Gasteiger partial charge in [0.05, 0.1) is 11.3 Å². The van der Waals surface area contributed by atoms with E-state index in [1.165, 1.54) is 0 Å². The van der Waals surface area contributed by atoms with Crippen molar-refractivity contribution in [3.8, 4) is 0 Å². The lowest BCUT2D eigenvalue weighted by molar-refractivity contribution is 0.0700. The van der Waals surface area contributed by atoms with Crippen molar-refractivity contribution >= 4 is 11.6 Å². The molecule has 1 atom stereocenters. The van der Waals surface area contributed by atoms with E-state index >= 15 is 0 Å². The zero-order valence-corrected chi connectivity index (χ0v) is 10.6. The second kappa shape index (κ2) is 6.20. The fraction of sp³-hybridized carbons (Fsp3) is 0.500. The second-order valence-electron chi connectivity index (χ2n) is 3.91. The van der Waals surface area contributed by atoms with Gasteiger partial charge >= 0.3 is 0 Å². The molecule has 1 amide bonds. The van der Waals surface area contributed by atoms with Crippen LogP contribution in [0, 0.1) is 0 Å². The van der Waals surface area contributed by atoms with Crippen LogP contribution in [-0.2, 0) is 0 Å². The van der Waals surface area contributed by atoms with Gasteiger partial charge in [-0.3, -0.25) is 15.6 Å². The molecule has 5 heteroatoms. The zero-order valence-electron chi connectivity index (χ0n) is 10.6. The molecule has 0 spiro atoms. The van der Waals surface area contributed by atoms with Crippen molar-refractivity contribution in [1.82, 2.24) is 9.88 Å². The first-order valence-electron chi connectivity index (χ1n) is 5.87. The summed E-state index contributed by atoms with van der Waals surface area (Å²) < 4.78 is 0. The van der Waals surface area contributed by atoms with Gasteiger partial charge in [-0.15, -0.1) is 0 Å². The third-order valence-corrected chi connectivity index (χ3v) is 2.93. The van der Waals surface area contributed by atoms with Gasteiger partial charge in [-0.05, 0) is 26.3 Å². The number of aromatic nitrogens is 1. The average molecular weight is 236 g/mol. The van der Waals surface area contributed by atoms with E-state index in [2.05, 4.69) is 17.3 Å². The van der Waals surface area contributed by atoms with E-state index in [0.29, 0.717) is 17.8 Å². The number of anilines is 1. The summed E-state index contributed by atoms with van der Waals surface area (Å²) >= 11 is 0. The van der Waals surface area contributed by atoms with Crippen LogP contribution >= 0.6 is 0 Å². The summed E-state index contributed by atoms with van der Waals surface area (Å²) in [5, 5.41) is 0. The van der Waals surface area contributed by atoms with Crippen LogP contribution in [0.3, 0.4) is 0 Å². The number of rotatable bonds is 5. The Labute approximate surface area is 102 Å². The van der Waals surface area contributed by atoms with Crippen molar-refractivity contribution in [3.05, 3.63) is 24.0 Å². The molecule has 1 aromatic rings. The van der Waals surface area contributed by atoms with E-state index in [1.807, 2.05) is 18.7 Å². The van der Waals surface area contributed by atoms with Gasteiger partial charge in [-0.25, -0.2) is 0 Å². The number of amides is 1. The topological polar surface area (TPSA) is 71.2 Å². The smallest absolute Gasteiger partial charge is 0.257 e. The largest absolute Gasteiger partial charge is 0.336 e. The van der Waals surface area contributed by atoms with Crippen LogP contribution in [0.15, 0.2) is 18.5 Å². The van der Waals surface area contributed by atoms with Crippen LogP contribution in [-0.4, -0.2) is 28.4 Å². The summed E-state index contributed by atoms with van der Waals surface area (Å²) in [4.78, 5) is 18.1. The summed E-state index contributed by atoms with van der Waals surface area (Å²) in [6.07, 6.45) is 4.07. The Balaban J connectivity index is 3.01. The van der Waals surface area contributed by atoms with E-state index in [-0.39, 0.29) is 11.9 Å². The molecule has 0 saturated carbocycles. The minimum absolute atomic E-state index is 0.0390. The van der Waals surface area contributed by atoms with Gasteiger partial charge in [-0.2, -0.15) is 0 Å². The normalized spacial score (nSPS) is 12.0. The summed E-state index contributed by atoms with van der Waals surface area (Å²) in [5.74, 6) is 5.35. The van der Waals surface area contributed by atoms with E-state index in [4.69, 9.17) is 5.84 Å². The second-order valence-corrected chi connectivity index (χ2v) is 3.91. The number of nitrogen functional groups attached to an aromatic ring is 1. The van der Waals surface area contributed by atoms with E-state index in [0.717, 1.165) is 6.42 Å². The Bertz CT molecular complexity index is 381. The highest BCUT2D eigenvalue weighted by molar-refractivity contribution is 5.99. The van der Waals surface area contributed by atoms with Crippen LogP contribution in [0.1, 0.15) is 37.6 Å². The maximum absolute atomic E-state index is 12.3. The van der Waals surface area contributed by atoms with Crippen molar-refractivity contribution in [3.63, 3.8) is 0 Å². The third kappa shape index (κ3) is 2.94. The lowest BCUT2D eigenvalue weighted by Crippen LogP contribution is -2.38. The molecule has 3 N–H and O–H groups in total. The minimum Gasteiger partial charge on any atom is -0.336 e. The van der Waals surface area contributed by atoms with Crippen molar-refractivity contribution in [2.45, 2.75) is 33.2 Å². The van der Waals surface area contributed by atoms with Gasteiger partial charge in [0.25, 0.3) is 5.91 Å². The molecule has 0 aliphatic carbocycles. The number of pyridine rings is 1. The van der Waals surface area contributed by atoms with E-state index < -0.39 is 0 Å². The molecule has 94 valence electrons. The highest BCUT2D eigenvalue weighted by Crippen LogP contribution is 2.16. The predicted molar refractivity (Wildman–Crippen MR) is 68.5 cm³/mol. The first kappa shape index (κ1) is 13.4. The molecule has 0 aliphatic rings. The van der Waals surface area contributed by atoms with Crippen LogP contribution in [0.2, 0.25) is 0 Å². The Hall–Kier alpha value is -1.62. The predicted octanol–water partition coefficient (Wildman–Crippen LogP) is 1.63. The van der Waals surface area contributed by atoms with Crippen LogP contribution in [0.25, 0.3) is 0 Å². The number of hydrogen-bond donors (Lipinski definition) is 2. The SMILES string of the molecule is CCC(C)N(CC)C(=O)c1cnccc1NN. The molecule has 5 nitrogen and oxygen atoms in total. The van der Waals surface area contributed by atoms with E-state index in [1.54, 1.807) is 18.5 Å². The molecule has 0 bridgehead atoms. The van der Waals surface area contributed by atoms with Gasteiger partial charge in [0.2, 0.25) is 0 Å². The number of hydrazine groups is 1. The van der Waals surface area contributed by atoms with Gasteiger partial charge < -0.3 is 10.3 Å². The number of nitrogens with one attached hydrogen (secondary N) is 1. The Morgan fingerprint density at radius 2 is 2.29 bits per heavy atom. The fourth-order valence-corrected chi connectivity index (χ4v) is 1.72. The molecule has 17 heavy (non-hydrogen) atoms. The minimum atomic E-state index is -0.0390. The molecule has 1 rings (SSSR count). The lowest BCUT2D eigenvalue weighted by atomic mass is 10.1. The maximum Gasteiger partial charge on any atom is 0.257 e. The van der Waals surface area contributed by atoms with E-state index in [9.17, 15) is 4.79 Å². The van der Waals surface area contributed by atoms with Gasteiger partial charge in [0.15, 0.2) is 0 Å². The van der Waals surface area contributed by atoms with Crippen LogP contribution < -0.4 is 11.3 Å². The average Bonchev–Trinajstić information content (AvgIpc) is 2.38.